The Kier molecular flexibility index (Phi) is 5.69. The molecule has 0 aliphatic carbocycles. The minimum Gasteiger partial charge on any atom is -0.493 e. The third-order valence-electron chi connectivity index (χ3n) is 3.77. The number of ether oxygens (including phenoxy) is 3. The number of anilines is 1. The van der Waals surface area contributed by atoms with Crippen LogP contribution >= 0.6 is 0 Å². The van der Waals surface area contributed by atoms with E-state index in [-0.39, 0.29) is 0 Å². The molecule has 134 valence electrons. The lowest BCUT2D eigenvalue weighted by Gasteiger charge is -2.11. The number of hydrogen-bond acceptors (Lipinski definition) is 6. The third-order valence-corrected chi connectivity index (χ3v) is 3.77. The summed E-state index contributed by atoms with van der Waals surface area (Å²) in [5.41, 5.74) is 1.57. The molecule has 1 aromatic heterocycles. The van der Waals surface area contributed by atoms with Crippen molar-refractivity contribution in [1.29, 1.82) is 0 Å². The molecule has 25 heavy (non-hydrogen) atoms. The average molecular weight is 347 g/mol. The van der Waals surface area contributed by atoms with E-state index in [9.17, 15) is 9.59 Å². The zero-order valence-corrected chi connectivity index (χ0v) is 14.9. The monoisotopic (exact) mass is 347 g/mol. The Balaban J connectivity index is 1.98. The van der Waals surface area contributed by atoms with Crippen LogP contribution in [0.1, 0.15) is 27.4 Å². The third kappa shape index (κ3) is 4.12. The zero-order chi connectivity index (χ0) is 18.6. The van der Waals surface area contributed by atoms with E-state index < -0.39 is 18.5 Å². The molecule has 1 aromatic carbocycles. The van der Waals surface area contributed by atoms with E-state index in [1.165, 1.54) is 14.2 Å². The van der Waals surface area contributed by atoms with Crippen LogP contribution in [0.2, 0.25) is 0 Å². The van der Waals surface area contributed by atoms with Crippen LogP contribution in [0.25, 0.3) is 0 Å². The van der Waals surface area contributed by atoms with Gasteiger partial charge in [0, 0.05) is 17.3 Å². The Morgan fingerprint density at radius 2 is 1.72 bits per heavy atom. The number of methoxy groups -OCH3 is 2. The van der Waals surface area contributed by atoms with E-state index in [1.807, 2.05) is 0 Å². The summed E-state index contributed by atoms with van der Waals surface area (Å²) in [6.07, 6.45) is 0. The highest BCUT2D eigenvalue weighted by Gasteiger charge is 2.20. The number of benzene rings is 1. The number of carbonyl (C=O) groups is 2. The maximum Gasteiger partial charge on any atom is 0.342 e. The first-order valence-corrected chi connectivity index (χ1v) is 7.63. The number of amides is 1. The van der Waals surface area contributed by atoms with Gasteiger partial charge in [-0.1, -0.05) is 0 Å². The minimum atomic E-state index is -0.589. The van der Waals surface area contributed by atoms with Crippen LogP contribution in [0.15, 0.2) is 22.6 Å². The van der Waals surface area contributed by atoms with Crippen molar-refractivity contribution in [3.05, 3.63) is 40.8 Å². The summed E-state index contributed by atoms with van der Waals surface area (Å²) in [6, 6.07) is 4.95. The molecule has 2 rings (SSSR count). The quantitative estimate of drug-likeness (QED) is 0.808. The fraction of sp³-hybridized carbons (Fsp3) is 0.333. The van der Waals surface area contributed by atoms with Crippen molar-refractivity contribution in [2.24, 2.45) is 0 Å². The van der Waals surface area contributed by atoms with Gasteiger partial charge >= 0.3 is 5.97 Å². The molecule has 0 unspecified atom stereocenters. The molecule has 0 bridgehead atoms. The van der Waals surface area contributed by atoms with Gasteiger partial charge in [0.05, 0.1) is 14.2 Å². The number of nitrogens with one attached hydrogen (secondary N) is 1. The molecule has 1 heterocycles. The van der Waals surface area contributed by atoms with Crippen LogP contribution in [-0.2, 0) is 9.53 Å². The van der Waals surface area contributed by atoms with Crippen LogP contribution < -0.4 is 14.8 Å². The molecule has 0 fully saturated rings. The summed E-state index contributed by atoms with van der Waals surface area (Å²) >= 11 is 0. The van der Waals surface area contributed by atoms with Crippen molar-refractivity contribution >= 4 is 17.6 Å². The van der Waals surface area contributed by atoms with E-state index in [0.717, 1.165) is 0 Å². The molecule has 1 amide bonds. The van der Waals surface area contributed by atoms with Crippen molar-refractivity contribution in [2.75, 3.05) is 26.1 Å². The van der Waals surface area contributed by atoms with Gasteiger partial charge in [-0.25, -0.2) is 4.79 Å². The second-order valence-electron chi connectivity index (χ2n) is 5.41. The van der Waals surface area contributed by atoms with Crippen LogP contribution in [-0.4, -0.2) is 32.7 Å². The molecule has 0 saturated carbocycles. The van der Waals surface area contributed by atoms with Gasteiger partial charge in [0.1, 0.15) is 17.1 Å². The summed E-state index contributed by atoms with van der Waals surface area (Å²) in [5, 5.41) is 2.63. The normalized spacial score (nSPS) is 10.3. The number of furan rings is 1. The van der Waals surface area contributed by atoms with Gasteiger partial charge in [-0.15, -0.1) is 0 Å². The molecule has 0 aliphatic rings. The largest absolute Gasteiger partial charge is 0.493 e. The second kappa shape index (κ2) is 7.74. The summed E-state index contributed by atoms with van der Waals surface area (Å²) in [6.45, 7) is 4.81. The lowest BCUT2D eigenvalue weighted by molar-refractivity contribution is -0.119. The van der Waals surface area contributed by atoms with E-state index in [4.69, 9.17) is 18.6 Å². The second-order valence-corrected chi connectivity index (χ2v) is 5.41. The van der Waals surface area contributed by atoms with Crippen LogP contribution in [0.5, 0.6) is 11.5 Å². The van der Waals surface area contributed by atoms with E-state index >= 15 is 0 Å². The molecule has 0 radical (unpaired) electrons. The van der Waals surface area contributed by atoms with Gasteiger partial charge in [-0.05, 0) is 32.9 Å². The van der Waals surface area contributed by atoms with Crippen LogP contribution in [0, 0.1) is 20.8 Å². The predicted molar refractivity (Wildman–Crippen MR) is 91.4 cm³/mol. The Morgan fingerprint density at radius 3 is 2.28 bits per heavy atom. The maximum atomic E-state index is 12.1. The topological polar surface area (TPSA) is 87.0 Å². The highest BCUT2D eigenvalue weighted by molar-refractivity contribution is 5.96. The average Bonchev–Trinajstić information content (AvgIpc) is 2.84. The standard InChI is InChI=1S/C18H21NO6/c1-10-11(2)25-12(3)17(10)18(21)24-9-16(20)19-13-6-7-14(22-4)15(8-13)23-5/h6-8H,9H2,1-5H3,(H,19,20). The van der Waals surface area contributed by atoms with E-state index in [1.54, 1.807) is 39.0 Å². The minimum absolute atomic E-state index is 0.358. The number of rotatable bonds is 6. The molecule has 0 aliphatic heterocycles. The highest BCUT2D eigenvalue weighted by Crippen LogP contribution is 2.29. The molecular formula is C18H21NO6. The summed E-state index contributed by atoms with van der Waals surface area (Å²) in [4.78, 5) is 24.1. The zero-order valence-electron chi connectivity index (χ0n) is 14.9. The lowest BCUT2D eigenvalue weighted by Crippen LogP contribution is -2.21. The van der Waals surface area contributed by atoms with Gasteiger partial charge in [0.15, 0.2) is 18.1 Å². The Hall–Kier alpha value is -2.96. The van der Waals surface area contributed by atoms with Crippen molar-refractivity contribution in [2.45, 2.75) is 20.8 Å². The SMILES string of the molecule is COc1ccc(NC(=O)COC(=O)c2c(C)oc(C)c2C)cc1OC. The first-order chi connectivity index (χ1) is 11.9. The fourth-order valence-electron chi connectivity index (χ4n) is 2.41. The maximum absolute atomic E-state index is 12.1. The van der Waals surface area contributed by atoms with Crippen LogP contribution in [0.3, 0.4) is 0 Å². The highest BCUT2D eigenvalue weighted by atomic mass is 16.5. The molecule has 2 aromatic rings. The number of esters is 1. The molecule has 7 nitrogen and oxygen atoms in total. The molecule has 7 heteroatoms. The Labute approximate surface area is 145 Å². The Morgan fingerprint density at radius 1 is 1.04 bits per heavy atom. The smallest absolute Gasteiger partial charge is 0.342 e. The molecule has 0 spiro atoms. The number of carbonyl (C=O) groups excluding carboxylic acids is 2. The molecule has 0 atom stereocenters. The fourth-order valence-corrected chi connectivity index (χ4v) is 2.41. The first kappa shape index (κ1) is 18.4. The van der Waals surface area contributed by atoms with Crippen molar-refractivity contribution in [3.63, 3.8) is 0 Å². The van der Waals surface area contributed by atoms with E-state index in [2.05, 4.69) is 5.32 Å². The van der Waals surface area contributed by atoms with Crippen molar-refractivity contribution < 1.29 is 28.2 Å². The van der Waals surface area contributed by atoms with Crippen molar-refractivity contribution in [3.8, 4) is 11.5 Å². The summed E-state index contributed by atoms with van der Waals surface area (Å²) in [7, 11) is 3.03. The van der Waals surface area contributed by atoms with Gasteiger partial charge < -0.3 is 23.9 Å². The van der Waals surface area contributed by atoms with Gasteiger partial charge in [-0.3, -0.25) is 4.79 Å². The number of aryl methyl sites for hydroxylation is 2. The lowest BCUT2D eigenvalue weighted by atomic mass is 10.1. The summed E-state index contributed by atoms with van der Waals surface area (Å²) in [5.74, 6) is 1.11. The molecule has 1 N–H and O–H groups in total. The van der Waals surface area contributed by atoms with Gasteiger partial charge in [0.25, 0.3) is 5.91 Å². The molecule has 0 saturated heterocycles. The van der Waals surface area contributed by atoms with Gasteiger partial charge in [-0.2, -0.15) is 0 Å². The van der Waals surface area contributed by atoms with Gasteiger partial charge in [0.2, 0.25) is 0 Å². The number of hydrogen-bond donors (Lipinski definition) is 1. The molecular weight excluding hydrogens is 326 g/mol. The predicted octanol–water partition coefficient (Wildman–Crippen LogP) is 3.02. The van der Waals surface area contributed by atoms with Crippen LogP contribution in [0.4, 0.5) is 5.69 Å². The first-order valence-electron chi connectivity index (χ1n) is 7.63. The van der Waals surface area contributed by atoms with Crippen molar-refractivity contribution in [1.82, 2.24) is 0 Å². The van der Waals surface area contributed by atoms with E-state index in [0.29, 0.717) is 39.8 Å². The Bertz CT molecular complexity index is 793. The summed E-state index contributed by atoms with van der Waals surface area (Å²) < 4.78 is 20.8.